The quantitative estimate of drug-likeness (QED) is 0.612. The summed E-state index contributed by atoms with van der Waals surface area (Å²) in [5, 5.41) is 30.9. The summed E-state index contributed by atoms with van der Waals surface area (Å²) in [6.07, 6.45) is 3.86. The molecule has 8 heteroatoms. The minimum Gasteiger partial charge on any atom is -0.507 e. The Bertz CT molecular complexity index is 1020. The van der Waals surface area contributed by atoms with E-state index in [4.69, 9.17) is 4.74 Å². The van der Waals surface area contributed by atoms with E-state index in [1.165, 1.54) is 24.3 Å². The number of nitrogens with zero attached hydrogens (tertiary/aromatic N) is 2. The topological polar surface area (TPSA) is 122 Å². The van der Waals surface area contributed by atoms with Crippen molar-refractivity contribution in [2.24, 2.45) is 5.92 Å². The van der Waals surface area contributed by atoms with Crippen LogP contribution in [-0.4, -0.2) is 54.9 Å². The van der Waals surface area contributed by atoms with Crippen molar-refractivity contribution in [3.63, 3.8) is 0 Å². The molecule has 1 aliphatic rings. The van der Waals surface area contributed by atoms with E-state index in [0.717, 1.165) is 0 Å². The first-order valence-corrected chi connectivity index (χ1v) is 9.91. The maximum Gasteiger partial charge on any atom is 0.342 e. The molecule has 8 nitrogen and oxygen atoms in total. The number of ketones is 1. The number of aryl methyl sites for hydroxylation is 1. The van der Waals surface area contributed by atoms with E-state index < -0.39 is 30.1 Å². The average Bonchev–Trinajstić information content (AvgIpc) is 3.12. The lowest BCUT2D eigenvalue weighted by molar-refractivity contribution is -0.127. The Balaban J connectivity index is 2.16. The monoisotopic (exact) mass is 414 g/mol. The minimum atomic E-state index is -1.57. The summed E-state index contributed by atoms with van der Waals surface area (Å²) in [5.41, 5.74) is 1.47. The maximum atomic E-state index is 12.9. The Morgan fingerprint density at radius 3 is 2.67 bits per heavy atom. The molecule has 160 valence electrons. The number of aromatic nitrogens is 2. The van der Waals surface area contributed by atoms with Gasteiger partial charge in [-0.05, 0) is 26.3 Å². The summed E-state index contributed by atoms with van der Waals surface area (Å²) in [6, 6.07) is 1.48. The van der Waals surface area contributed by atoms with Crippen LogP contribution in [0.25, 0.3) is 17.1 Å². The van der Waals surface area contributed by atoms with Crippen molar-refractivity contribution in [3.05, 3.63) is 41.7 Å². The van der Waals surface area contributed by atoms with Gasteiger partial charge in [0.1, 0.15) is 23.5 Å². The van der Waals surface area contributed by atoms with Gasteiger partial charge in [-0.3, -0.25) is 4.79 Å². The lowest BCUT2D eigenvalue weighted by atomic mass is 9.99. The molecule has 1 aromatic carbocycles. The molecule has 2 aromatic rings. The van der Waals surface area contributed by atoms with E-state index in [9.17, 15) is 24.9 Å². The molecule has 0 saturated carbocycles. The maximum absolute atomic E-state index is 12.9. The molecule has 30 heavy (non-hydrogen) atoms. The number of carbonyl (C=O) groups excluding carboxylic acids is 2. The normalized spacial score (nSPS) is 27.9. The molecule has 3 rings (SSSR count). The first-order valence-electron chi connectivity index (χ1n) is 9.91. The highest BCUT2D eigenvalue weighted by atomic mass is 16.5. The van der Waals surface area contributed by atoms with Crippen LogP contribution in [0.1, 0.15) is 43.1 Å². The molecular formula is C22H26N2O6. The van der Waals surface area contributed by atoms with Crippen molar-refractivity contribution in [1.29, 1.82) is 0 Å². The van der Waals surface area contributed by atoms with Crippen LogP contribution in [0.15, 0.2) is 30.6 Å². The van der Waals surface area contributed by atoms with Crippen LogP contribution in [0.3, 0.4) is 0 Å². The van der Waals surface area contributed by atoms with Crippen molar-refractivity contribution in [3.8, 4) is 5.75 Å². The number of ether oxygens (including phenoxy) is 1. The molecule has 0 saturated heterocycles. The zero-order valence-corrected chi connectivity index (χ0v) is 17.1. The Morgan fingerprint density at radius 1 is 1.23 bits per heavy atom. The lowest BCUT2D eigenvalue weighted by Gasteiger charge is -2.20. The molecule has 2 heterocycles. The summed E-state index contributed by atoms with van der Waals surface area (Å²) in [7, 11) is 0. The molecule has 1 aliphatic heterocycles. The van der Waals surface area contributed by atoms with E-state index >= 15 is 0 Å². The number of rotatable bonds is 1. The standard InChI is InChI=1S/C22H26N2O6/c1-4-24-11-23-20-14-6-5-7-16(25)21(28)17(26)9-8-12(2)13(3)30-22(29)19(14)18(27)10-15(20)24/h5-6,8-13,16,21,25,27-28H,4,7H2,1-3H3/b6-5+,9-8-/t12-,13?,16?,21?/m1/s1. The average molecular weight is 414 g/mol. The highest BCUT2D eigenvalue weighted by Gasteiger charge is 2.26. The number of esters is 1. The third kappa shape index (κ3) is 4.15. The van der Waals surface area contributed by atoms with Crippen LogP contribution in [0.5, 0.6) is 5.75 Å². The van der Waals surface area contributed by atoms with E-state index in [-0.39, 0.29) is 23.7 Å². The van der Waals surface area contributed by atoms with Gasteiger partial charge >= 0.3 is 5.97 Å². The predicted octanol–water partition coefficient (Wildman–Crippen LogP) is 2.21. The molecule has 0 aliphatic carbocycles. The van der Waals surface area contributed by atoms with Gasteiger partial charge in [-0.25, -0.2) is 9.78 Å². The Labute approximate surface area is 174 Å². The van der Waals surface area contributed by atoms with Crippen LogP contribution in [0, 0.1) is 5.92 Å². The van der Waals surface area contributed by atoms with Crippen LogP contribution in [0.4, 0.5) is 0 Å². The highest BCUT2D eigenvalue weighted by molar-refractivity contribution is 6.03. The molecule has 3 unspecified atom stereocenters. The number of fused-ring (bicyclic) bond motifs is 3. The molecule has 0 fully saturated rings. The predicted molar refractivity (Wildman–Crippen MR) is 111 cm³/mol. The van der Waals surface area contributed by atoms with Gasteiger partial charge in [0.15, 0.2) is 5.78 Å². The van der Waals surface area contributed by atoms with Gasteiger partial charge in [0.25, 0.3) is 0 Å². The van der Waals surface area contributed by atoms with Crippen molar-refractivity contribution < 1.29 is 29.6 Å². The van der Waals surface area contributed by atoms with Crippen molar-refractivity contribution in [2.45, 2.75) is 52.0 Å². The lowest BCUT2D eigenvalue weighted by Crippen LogP contribution is -2.32. The van der Waals surface area contributed by atoms with Crippen molar-refractivity contribution in [1.82, 2.24) is 9.55 Å². The third-order valence-electron chi connectivity index (χ3n) is 5.39. The molecule has 0 amide bonds. The Morgan fingerprint density at radius 2 is 1.97 bits per heavy atom. The number of cyclic esters (lactones) is 1. The van der Waals surface area contributed by atoms with E-state index in [2.05, 4.69) is 4.98 Å². The second-order valence-corrected chi connectivity index (χ2v) is 7.46. The van der Waals surface area contributed by atoms with Gasteiger partial charge in [-0.2, -0.15) is 0 Å². The second kappa shape index (κ2) is 8.81. The fraction of sp³-hybridized carbons (Fsp3) is 0.409. The molecule has 1 aromatic heterocycles. The fourth-order valence-corrected chi connectivity index (χ4v) is 3.32. The summed E-state index contributed by atoms with van der Waals surface area (Å²) >= 11 is 0. The fourth-order valence-electron chi connectivity index (χ4n) is 3.32. The Kier molecular flexibility index (Phi) is 6.38. The number of imidazole rings is 1. The van der Waals surface area contributed by atoms with Gasteiger partial charge in [-0.1, -0.05) is 25.2 Å². The van der Waals surface area contributed by atoms with Crippen LogP contribution in [-0.2, 0) is 16.1 Å². The molecular weight excluding hydrogens is 388 g/mol. The summed E-state index contributed by atoms with van der Waals surface area (Å²) in [5.74, 6) is -1.91. The number of hydrogen-bond donors (Lipinski definition) is 3. The zero-order valence-electron chi connectivity index (χ0n) is 17.1. The molecule has 0 radical (unpaired) electrons. The number of aliphatic hydroxyl groups excluding tert-OH is 2. The minimum absolute atomic E-state index is 0.0219. The van der Waals surface area contributed by atoms with E-state index in [0.29, 0.717) is 23.1 Å². The van der Waals surface area contributed by atoms with E-state index in [1.54, 1.807) is 26.3 Å². The molecule has 0 spiro atoms. The number of phenolic OH excluding ortho intramolecular Hbond substituents is 1. The van der Waals surface area contributed by atoms with Gasteiger partial charge in [0.2, 0.25) is 0 Å². The smallest absolute Gasteiger partial charge is 0.342 e. The van der Waals surface area contributed by atoms with Crippen molar-refractivity contribution >= 4 is 28.9 Å². The highest BCUT2D eigenvalue weighted by Crippen LogP contribution is 2.32. The van der Waals surface area contributed by atoms with E-state index in [1.807, 2.05) is 11.5 Å². The number of carbonyl (C=O) groups is 2. The third-order valence-corrected chi connectivity index (χ3v) is 5.39. The number of benzene rings is 1. The summed E-state index contributed by atoms with van der Waals surface area (Å²) in [6.45, 7) is 5.98. The van der Waals surface area contributed by atoms with Gasteiger partial charge < -0.3 is 24.6 Å². The Hall–Kier alpha value is -2.97. The largest absolute Gasteiger partial charge is 0.507 e. The zero-order chi connectivity index (χ0) is 22.0. The van der Waals surface area contributed by atoms with Gasteiger partial charge in [0.05, 0.1) is 23.5 Å². The van der Waals surface area contributed by atoms with Crippen LogP contribution in [0.2, 0.25) is 0 Å². The summed E-state index contributed by atoms with van der Waals surface area (Å²) < 4.78 is 7.36. The number of aliphatic hydroxyl groups is 2. The van der Waals surface area contributed by atoms with Gasteiger partial charge in [-0.15, -0.1) is 0 Å². The number of aromatic hydroxyl groups is 1. The SMILES string of the molecule is CCn1cnc2c3c(c(O)cc21)C(=O)OC(C)[C@H](C)/C=C\C(=O)C(O)C(O)C/C=C/3. The van der Waals surface area contributed by atoms with Gasteiger partial charge in [0, 0.05) is 24.1 Å². The van der Waals surface area contributed by atoms with Crippen molar-refractivity contribution in [2.75, 3.05) is 0 Å². The molecule has 4 atom stereocenters. The molecule has 3 N–H and O–H groups in total. The second-order valence-electron chi connectivity index (χ2n) is 7.46. The molecule has 0 bridgehead atoms. The van der Waals surface area contributed by atoms with Crippen LogP contribution < -0.4 is 0 Å². The first kappa shape index (κ1) is 21.7. The first-order chi connectivity index (χ1) is 14.2. The number of hydrogen-bond acceptors (Lipinski definition) is 7. The number of phenols is 1. The summed E-state index contributed by atoms with van der Waals surface area (Å²) in [4.78, 5) is 29.4. The van der Waals surface area contributed by atoms with Crippen LogP contribution >= 0.6 is 0 Å².